The lowest BCUT2D eigenvalue weighted by atomic mass is 10.1. The molecule has 4 rings (SSSR count). The van der Waals surface area contributed by atoms with Gasteiger partial charge in [0.1, 0.15) is 17.6 Å². The lowest BCUT2D eigenvalue weighted by Crippen LogP contribution is -2.23. The first-order chi connectivity index (χ1) is 14.9. The number of rotatable bonds is 6. The summed E-state index contributed by atoms with van der Waals surface area (Å²) in [5, 5.41) is 20.8. The van der Waals surface area contributed by atoms with Crippen LogP contribution in [0.4, 0.5) is 17.2 Å². The van der Waals surface area contributed by atoms with Gasteiger partial charge >= 0.3 is 0 Å². The molecule has 0 aliphatic carbocycles. The van der Waals surface area contributed by atoms with Crippen molar-refractivity contribution in [2.75, 3.05) is 17.7 Å². The average Bonchev–Trinajstić information content (AvgIpc) is 3.28. The Labute approximate surface area is 177 Å². The highest BCUT2D eigenvalue weighted by atomic mass is 16.6. The number of fused-ring (bicyclic) bond motifs is 1. The standard InChI is InChI=1S/C21H19N5O5/c1-12-6-7-14(9-17(12)26(29)30)23-19(27)10-18-21(28)24-20-16(11-22-25(18)20)13-4-3-5-15(8-13)31-2/h3-9,11,18H,10H2,1-2H3,(H,23,27)(H,24,28). The van der Waals surface area contributed by atoms with Crippen LogP contribution in [0.5, 0.6) is 5.75 Å². The third-order valence-corrected chi connectivity index (χ3v) is 5.08. The Balaban J connectivity index is 1.53. The number of hydrogen-bond donors (Lipinski definition) is 2. The second-order valence-electron chi connectivity index (χ2n) is 7.10. The van der Waals surface area contributed by atoms with E-state index in [0.717, 1.165) is 5.56 Å². The molecule has 158 valence electrons. The quantitative estimate of drug-likeness (QED) is 0.464. The highest BCUT2D eigenvalue weighted by molar-refractivity contribution is 6.04. The minimum absolute atomic E-state index is 0.0892. The highest BCUT2D eigenvalue weighted by Gasteiger charge is 2.35. The fraction of sp³-hybridized carbons (Fsp3) is 0.190. The number of carbonyl (C=O) groups excluding carboxylic acids is 2. The maximum Gasteiger partial charge on any atom is 0.274 e. The lowest BCUT2D eigenvalue weighted by molar-refractivity contribution is -0.385. The zero-order valence-electron chi connectivity index (χ0n) is 16.8. The van der Waals surface area contributed by atoms with Gasteiger partial charge in [0, 0.05) is 22.9 Å². The van der Waals surface area contributed by atoms with E-state index in [1.807, 2.05) is 24.3 Å². The lowest BCUT2D eigenvalue weighted by Gasteiger charge is -2.10. The molecular formula is C21H19N5O5. The molecule has 31 heavy (non-hydrogen) atoms. The molecule has 1 atom stereocenters. The van der Waals surface area contributed by atoms with Gasteiger partial charge in [0.2, 0.25) is 5.91 Å². The van der Waals surface area contributed by atoms with E-state index in [9.17, 15) is 19.7 Å². The smallest absolute Gasteiger partial charge is 0.274 e. The van der Waals surface area contributed by atoms with Gasteiger partial charge in [-0.2, -0.15) is 5.10 Å². The normalized spacial score (nSPS) is 14.6. The van der Waals surface area contributed by atoms with Crippen LogP contribution in [0, 0.1) is 17.0 Å². The molecule has 1 aromatic heterocycles. The number of hydrogen-bond acceptors (Lipinski definition) is 6. The number of nitrogens with zero attached hydrogens (tertiary/aromatic N) is 3. The van der Waals surface area contributed by atoms with Crippen molar-refractivity contribution in [3.8, 4) is 16.9 Å². The summed E-state index contributed by atoms with van der Waals surface area (Å²) in [4.78, 5) is 35.6. The van der Waals surface area contributed by atoms with Crippen LogP contribution in [0.25, 0.3) is 11.1 Å². The molecule has 2 N–H and O–H groups in total. The van der Waals surface area contributed by atoms with E-state index in [1.54, 1.807) is 32.4 Å². The van der Waals surface area contributed by atoms with Crippen molar-refractivity contribution in [3.63, 3.8) is 0 Å². The number of nitrogens with one attached hydrogen (secondary N) is 2. The number of carbonyl (C=O) groups is 2. The van der Waals surface area contributed by atoms with Crippen LogP contribution in [0.2, 0.25) is 0 Å². The second kappa shape index (κ2) is 7.90. The number of aromatic nitrogens is 2. The summed E-state index contributed by atoms with van der Waals surface area (Å²) >= 11 is 0. The number of aryl methyl sites for hydroxylation is 1. The van der Waals surface area contributed by atoms with Gasteiger partial charge in [-0.1, -0.05) is 18.2 Å². The summed E-state index contributed by atoms with van der Waals surface area (Å²) in [5.41, 5.74) is 2.22. The maximum absolute atomic E-state index is 12.5. The highest BCUT2D eigenvalue weighted by Crippen LogP contribution is 2.36. The van der Waals surface area contributed by atoms with E-state index in [-0.39, 0.29) is 18.0 Å². The molecule has 0 saturated heterocycles. The van der Waals surface area contributed by atoms with Crippen LogP contribution in [-0.2, 0) is 9.59 Å². The summed E-state index contributed by atoms with van der Waals surface area (Å²) in [6, 6.07) is 11.0. The van der Waals surface area contributed by atoms with Crippen molar-refractivity contribution in [1.82, 2.24) is 9.78 Å². The van der Waals surface area contributed by atoms with Crippen molar-refractivity contribution < 1.29 is 19.2 Å². The van der Waals surface area contributed by atoms with Gasteiger partial charge in [0.05, 0.1) is 24.7 Å². The molecule has 1 aliphatic heterocycles. The summed E-state index contributed by atoms with van der Waals surface area (Å²) < 4.78 is 6.73. The summed E-state index contributed by atoms with van der Waals surface area (Å²) in [5.74, 6) is 0.369. The molecule has 2 amide bonds. The average molecular weight is 421 g/mol. The Morgan fingerprint density at radius 2 is 2.13 bits per heavy atom. The van der Waals surface area contributed by atoms with Crippen LogP contribution in [0.1, 0.15) is 18.0 Å². The number of nitro groups is 1. The SMILES string of the molecule is COc1cccc(-c2cnn3c2NC(=O)C3CC(=O)Nc2ccc(C)c([N+](=O)[O-])c2)c1. The van der Waals surface area contributed by atoms with Crippen LogP contribution >= 0.6 is 0 Å². The number of nitro benzene ring substituents is 1. The first-order valence-electron chi connectivity index (χ1n) is 9.45. The molecule has 2 aromatic carbocycles. The minimum Gasteiger partial charge on any atom is -0.497 e. The number of methoxy groups -OCH3 is 1. The van der Waals surface area contributed by atoms with Crippen LogP contribution in [0.15, 0.2) is 48.7 Å². The third-order valence-electron chi connectivity index (χ3n) is 5.08. The Bertz CT molecular complexity index is 1200. The minimum atomic E-state index is -0.824. The first kappa shape index (κ1) is 20.1. The Kier molecular flexibility index (Phi) is 5.12. The number of ether oxygens (including phenoxy) is 1. The molecule has 0 saturated carbocycles. The van der Waals surface area contributed by atoms with Crippen molar-refractivity contribution in [1.29, 1.82) is 0 Å². The van der Waals surface area contributed by atoms with E-state index in [4.69, 9.17) is 4.74 Å². The molecule has 3 aromatic rings. The van der Waals surface area contributed by atoms with Crippen LogP contribution in [0.3, 0.4) is 0 Å². The molecule has 0 fully saturated rings. The van der Waals surface area contributed by atoms with E-state index < -0.39 is 16.9 Å². The van der Waals surface area contributed by atoms with Gasteiger partial charge in [-0.15, -0.1) is 0 Å². The van der Waals surface area contributed by atoms with Gasteiger partial charge in [-0.25, -0.2) is 4.68 Å². The topological polar surface area (TPSA) is 128 Å². The Morgan fingerprint density at radius 1 is 1.32 bits per heavy atom. The monoisotopic (exact) mass is 421 g/mol. The molecule has 0 bridgehead atoms. The number of amides is 2. The largest absolute Gasteiger partial charge is 0.497 e. The molecule has 0 spiro atoms. The fourth-order valence-electron chi connectivity index (χ4n) is 3.49. The zero-order chi connectivity index (χ0) is 22.1. The third kappa shape index (κ3) is 3.82. The molecule has 2 heterocycles. The summed E-state index contributed by atoms with van der Waals surface area (Å²) in [7, 11) is 1.57. The predicted octanol–water partition coefficient (Wildman–Crippen LogP) is 3.30. The van der Waals surface area contributed by atoms with Crippen LogP contribution in [-0.4, -0.2) is 33.6 Å². The summed E-state index contributed by atoms with van der Waals surface area (Å²) in [6.07, 6.45) is 1.46. The predicted molar refractivity (Wildman–Crippen MR) is 113 cm³/mol. The molecule has 0 radical (unpaired) electrons. The van der Waals surface area contributed by atoms with Crippen molar-refractivity contribution in [2.45, 2.75) is 19.4 Å². The van der Waals surface area contributed by atoms with E-state index in [0.29, 0.717) is 28.4 Å². The number of benzene rings is 2. The van der Waals surface area contributed by atoms with Gasteiger partial charge in [-0.3, -0.25) is 19.7 Å². The van der Waals surface area contributed by atoms with Crippen molar-refractivity contribution in [3.05, 3.63) is 64.3 Å². The molecule has 10 heteroatoms. The maximum atomic E-state index is 12.5. The number of anilines is 2. The van der Waals surface area contributed by atoms with E-state index >= 15 is 0 Å². The van der Waals surface area contributed by atoms with Crippen molar-refractivity contribution in [2.24, 2.45) is 0 Å². The summed E-state index contributed by atoms with van der Waals surface area (Å²) in [6.45, 7) is 1.62. The molecular weight excluding hydrogens is 402 g/mol. The zero-order valence-corrected chi connectivity index (χ0v) is 16.8. The van der Waals surface area contributed by atoms with Crippen LogP contribution < -0.4 is 15.4 Å². The fourth-order valence-corrected chi connectivity index (χ4v) is 3.49. The Morgan fingerprint density at radius 3 is 2.87 bits per heavy atom. The van der Waals surface area contributed by atoms with Gasteiger partial charge in [0.15, 0.2) is 0 Å². The van der Waals surface area contributed by atoms with Gasteiger partial charge < -0.3 is 15.4 Å². The van der Waals surface area contributed by atoms with E-state index in [1.165, 1.54) is 10.7 Å². The Hall–Kier alpha value is -4.21. The first-order valence-corrected chi connectivity index (χ1v) is 9.45. The second-order valence-corrected chi connectivity index (χ2v) is 7.10. The van der Waals surface area contributed by atoms with Crippen molar-refractivity contribution >= 4 is 29.0 Å². The van der Waals surface area contributed by atoms with E-state index in [2.05, 4.69) is 15.7 Å². The molecule has 1 aliphatic rings. The van der Waals surface area contributed by atoms with Gasteiger partial charge in [-0.05, 0) is 30.7 Å². The molecule has 1 unspecified atom stereocenters. The van der Waals surface area contributed by atoms with Gasteiger partial charge in [0.25, 0.3) is 11.6 Å². The molecule has 10 nitrogen and oxygen atoms in total.